The molecule has 170 valence electrons. The Kier molecular flexibility index (Phi) is 7.27. The maximum atomic E-state index is 5.40. The van der Waals surface area contributed by atoms with E-state index in [1.165, 1.54) is 6.33 Å². The number of methoxy groups -OCH3 is 6. The first-order valence-electron chi connectivity index (χ1n) is 9.52. The van der Waals surface area contributed by atoms with Crippen LogP contribution in [0.4, 0.5) is 23.0 Å². The third-order valence-corrected chi connectivity index (χ3v) is 4.54. The molecule has 0 saturated carbocycles. The van der Waals surface area contributed by atoms with Crippen LogP contribution < -0.4 is 39.1 Å². The summed E-state index contributed by atoms with van der Waals surface area (Å²) in [7, 11) is 9.35. The molecule has 0 aliphatic heterocycles. The van der Waals surface area contributed by atoms with Gasteiger partial charge in [-0.25, -0.2) is 9.97 Å². The Morgan fingerprint density at radius 1 is 0.500 bits per heavy atom. The molecule has 2 N–H and O–H groups in total. The molecule has 0 fully saturated rings. The molecule has 1 aromatic heterocycles. The summed E-state index contributed by atoms with van der Waals surface area (Å²) < 4.78 is 32.3. The molecular weight excluding hydrogens is 416 g/mol. The molecule has 10 heteroatoms. The molecule has 0 amide bonds. The van der Waals surface area contributed by atoms with E-state index in [1.54, 1.807) is 73.0 Å². The van der Waals surface area contributed by atoms with Gasteiger partial charge in [-0.05, 0) is 0 Å². The van der Waals surface area contributed by atoms with Gasteiger partial charge in [0.2, 0.25) is 11.5 Å². The second kappa shape index (κ2) is 10.3. The number of benzene rings is 2. The highest BCUT2D eigenvalue weighted by molar-refractivity contribution is 5.70. The Morgan fingerprint density at radius 2 is 0.844 bits per heavy atom. The monoisotopic (exact) mass is 442 g/mol. The number of hydrogen-bond donors (Lipinski definition) is 2. The summed E-state index contributed by atoms with van der Waals surface area (Å²) in [4.78, 5) is 8.56. The Bertz CT molecular complexity index is 945. The molecule has 3 aromatic rings. The van der Waals surface area contributed by atoms with E-state index in [2.05, 4.69) is 20.6 Å². The summed E-state index contributed by atoms with van der Waals surface area (Å²) in [6.45, 7) is 0. The first-order valence-corrected chi connectivity index (χ1v) is 9.52. The van der Waals surface area contributed by atoms with E-state index >= 15 is 0 Å². The molecule has 0 spiro atoms. The number of aromatic nitrogens is 2. The number of anilines is 4. The average Bonchev–Trinajstić information content (AvgIpc) is 2.82. The number of rotatable bonds is 10. The maximum absolute atomic E-state index is 5.40. The average molecular weight is 442 g/mol. The maximum Gasteiger partial charge on any atom is 0.203 e. The van der Waals surface area contributed by atoms with Crippen LogP contribution in [-0.2, 0) is 0 Å². The highest BCUT2D eigenvalue weighted by Gasteiger charge is 2.15. The van der Waals surface area contributed by atoms with Gasteiger partial charge in [0.1, 0.15) is 18.0 Å². The van der Waals surface area contributed by atoms with Crippen LogP contribution in [0.2, 0.25) is 0 Å². The minimum Gasteiger partial charge on any atom is -0.493 e. The molecular formula is C22H26N4O6. The molecule has 0 saturated heterocycles. The van der Waals surface area contributed by atoms with Crippen molar-refractivity contribution in [1.29, 1.82) is 0 Å². The zero-order chi connectivity index (χ0) is 23.1. The summed E-state index contributed by atoms with van der Waals surface area (Å²) in [5.41, 5.74) is 1.41. The molecule has 0 aliphatic rings. The van der Waals surface area contributed by atoms with Gasteiger partial charge < -0.3 is 39.1 Å². The van der Waals surface area contributed by atoms with Crippen molar-refractivity contribution in [2.24, 2.45) is 0 Å². The lowest BCUT2D eigenvalue weighted by atomic mass is 10.2. The zero-order valence-corrected chi connectivity index (χ0v) is 18.8. The fraction of sp³-hybridized carbons (Fsp3) is 0.273. The van der Waals surface area contributed by atoms with Crippen molar-refractivity contribution < 1.29 is 28.4 Å². The molecule has 10 nitrogen and oxygen atoms in total. The number of hydrogen-bond acceptors (Lipinski definition) is 10. The van der Waals surface area contributed by atoms with Crippen LogP contribution in [0.3, 0.4) is 0 Å². The van der Waals surface area contributed by atoms with Crippen molar-refractivity contribution in [3.05, 3.63) is 36.7 Å². The lowest BCUT2D eigenvalue weighted by Gasteiger charge is -2.16. The van der Waals surface area contributed by atoms with Crippen LogP contribution in [0.1, 0.15) is 0 Å². The predicted octanol–water partition coefficient (Wildman–Crippen LogP) is 4.02. The normalized spacial score (nSPS) is 10.2. The van der Waals surface area contributed by atoms with E-state index in [1.807, 2.05) is 0 Å². The van der Waals surface area contributed by atoms with Gasteiger partial charge >= 0.3 is 0 Å². The van der Waals surface area contributed by atoms with Crippen LogP contribution >= 0.6 is 0 Å². The SMILES string of the molecule is COc1cc(Nc2cc(Nc3cc(OC)c(OC)c(OC)c3)ncn2)cc(OC)c1OC. The summed E-state index contributed by atoms with van der Waals surface area (Å²) in [6, 6.07) is 8.91. The van der Waals surface area contributed by atoms with E-state index in [0.717, 1.165) is 0 Å². The summed E-state index contributed by atoms with van der Waals surface area (Å²) in [5.74, 6) is 4.24. The summed E-state index contributed by atoms with van der Waals surface area (Å²) in [6.07, 6.45) is 1.45. The van der Waals surface area contributed by atoms with Crippen molar-refractivity contribution in [3.8, 4) is 34.5 Å². The number of nitrogens with zero attached hydrogens (tertiary/aromatic N) is 2. The first kappa shape index (κ1) is 22.6. The Balaban J connectivity index is 1.87. The van der Waals surface area contributed by atoms with Crippen LogP contribution in [-0.4, -0.2) is 52.6 Å². The van der Waals surface area contributed by atoms with Crippen LogP contribution in [0.15, 0.2) is 36.7 Å². The standard InChI is InChI=1S/C22H26N4O6/c1-27-15-7-13(8-16(28-2)21(15)31-5)25-19-11-20(24-12-23-19)26-14-9-17(29-3)22(32-6)18(10-14)30-4/h7-12H,1-6H3,(H2,23,24,25,26). The second-order valence-corrected chi connectivity index (χ2v) is 6.37. The van der Waals surface area contributed by atoms with Gasteiger partial charge in [0.05, 0.1) is 42.7 Å². The number of ether oxygens (including phenoxy) is 6. The molecule has 2 aromatic carbocycles. The molecule has 0 aliphatic carbocycles. The van der Waals surface area contributed by atoms with Crippen molar-refractivity contribution >= 4 is 23.0 Å². The molecule has 0 atom stereocenters. The third-order valence-electron chi connectivity index (χ3n) is 4.54. The van der Waals surface area contributed by atoms with Crippen LogP contribution in [0, 0.1) is 0 Å². The molecule has 0 radical (unpaired) electrons. The Morgan fingerprint density at radius 3 is 1.12 bits per heavy atom. The molecule has 3 rings (SSSR count). The van der Waals surface area contributed by atoms with Crippen molar-refractivity contribution in [2.45, 2.75) is 0 Å². The summed E-state index contributed by atoms with van der Waals surface area (Å²) >= 11 is 0. The van der Waals surface area contributed by atoms with Crippen molar-refractivity contribution in [3.63, 3.8) is 0 Å². The van der Waals surface area contributed by atoms with Gasteiger partial charge in [-0.1, -0.05) is 0 Å². The van der Waals surface area contributed by atoms with Crippen molar-refractivity contribution in [1.82, 2.24) is 9.97 Å². The van der Waals surface area contributed by atoms with E-state index in [-0.39, 0.29) is 0 Å². The topological polar surface area (TPSA) is 105 Å². The fourth-order valence-electron chi connectivity index (χ4n) is 3.10. The van der Waals surface area contributed by atoms with E-state index in [4.69, 9.17) is 28.4 Å². The zero-order valence-electron chi connectivity index (χ0n) is 18.8. The van der Waals surface area contributed by atoms with Gasteiger partial charge in [-0.3, -0.25) is 0 Å². The Hall–Kier alpha value is -4.08. The Labute approximate surface area is 186 Å². The van der Waals surface area contributed by atoms with Gasteiger partial charge in [-0.15, -0.1) is 0 Å². The lowest BCUT2D eigenvalue weighted by Crippen LogP contribution is -2.01. The van der Waals surface area contributed by atoms with Crippen molar-refractivity contribution in [2.75, 3.05) is 53.3 Å². The van der Waals surface area contributed by atoms with E-state index in [0.29, 0.717) is 57.5 Å². The molecule has 0 unspecified atom stereocenters. The predicted molar refractivity (Wildman–Crippen MR) is 121 cm³/mol. The van der Waals surface area contributed by atoms with Gasteiger partial charge in [0.15, 0.2) is 23.0 Å². The smallest absolute Gasteiger partial charge is 0.203 e. The van der Waals surface area contributed by atoms with E-state index in [9.17, 15) is 0 Å². The van der Waals surface area contributed by atoms with Gasteiger partial charge in [0, 0.05) is 41.7 Å². The summed E-state index contributed by atoms with van der Waals surface area (Å²) in [5, 5.41) is 6.44. The fourth-order valence-corrected chi connectivity index (χ4v) is 3.10. The van der Waals surface area contributed by atoms with Crippen LogP contribution in [0.25, 0.3) is 0 Å². The minimum atomic E-state index is 0.507. The molecule has 1 heterocycles. The molecule has 0 bridgehead atoms. The third kappa shape index (κ3) is 4.80. The second-order valence-electron chi connectivity index (χ2n) is 6.37. The minimum absolute atomic E-state index is 0.507. The highest BCUT2D eigenvalue weighted by atomic mass is 16.5. The van der Waals surface area contributed by atoms with E-state index < -0.39 is 0 Å². The molecule has 32 heavy (non-hydrogen) atoms. The van der Waals surface area contributed by atoms with Gasteiger partial charge in [-0.2, -0.15) is 0 Å². The highest BCUT2D eigenvalue weighted by Crippen LogP contribution is 2.41. The largest absolute Gasteiger partial charge is 0.493 e. The van der Waals surface area contributed by atoms with Gasteiger partial charge in [0.25, 0.3) is 0 Å². The first-order chi connectivity index (χ1) is 15.6. The lowest BCUT2D eigenvalue weighted by molar-refractivity contribution is 0.324. The number of nitrogens with one attached hydrogen (secondary N) is 2. The quantitative estimate of drug-likeness (QED) is 0.478. The van der Waals surface area contributed by atoms with Crippen LogP contribution in [0.5, 0.6) is 34.5 Å².